The highest BCUT2D eigenvalue weighted by atomic mass is 32.2. The molecule has 7 N–H and O–H groups in total. The Balaban J connectivity index is 1.83. The van der Waals surface area contributed by atoms with Crippen molar-refractivity contribution < 1.29 is 70.2 Å². The van der Waals surface area contributed by atoms with E-state index in [0.717, 1.165) is 10.9 Å². The summed E-state index contributed by atoms with van der Waals surface area (Å²) in [7, 11) is -16.4. The summed E-state index contributed by atoms with van der Waals surface area (Å²) in [4.78, 5) is 48.4. The molecular weight excluding hydrogens is 704 g/mol. The molecule has 0 aromatic carbocycles. The second-order valence-corrected chi connectivity index (χ2v) is 18.1. The first-order valence-corrected chi connectivity index (χ1v) is 19.2. The Bertz CT molecular complexity index is 1540. The van der Waals surface area contributed by atoms with Gasteiger partial charge in [-0.3, -0.25) is 18.2 Å². The molecule has 1 aliphatic rings. The molecule has 0 aliphatic carbocycles. The van der Waals surface area contributed by atoms with Crippen molar-refractivity contribution in [1.82, 2.24) is 19.5 Å². The Morgan fingerprint density at radius 3 is 2.39 bits per heavy atom. The molecule has 0 saturated heterocycles. The van der Waals surface area contributed by atoms with E-state index in [9.17, 15) is 56.7 Å². The number of alkyl halides is 3. The lowest BCUT2D eigenvalue weighted by molar-refractivity contribution is -0.129. The third-order valence-corrected chi connectivity index (χ3v) is 13.9. The average Bonchev–Trinajstić information content (AvgIpc) is 3.41. The molecule has 0 spiro atoms. The normalized spacial score (nSPS) is 20.9. The molecule has 0 bridgehead atoms. The van der Waals surface area contributed by atoms with Crippen molar-refractivity contribution in [2.45, 2.75) is 48.8 Å². The standard InChI is InChI=1S/C19H29F3N5O12P3S2/c1-18(2,40(30,31)32)41(33,34)39-42(35,36)37-8-10-12(28)13(29)16(38-10)27-9-24-11-14(23-5-7-43-3)25-17(26-15(11)27)44-6-4-19(20,21)22/h9,13,16,28-29H,4-8H2,1-3H3,(H,33,34)(H,35,36)(H,23,25,26)(H2,30,31,32)/t13?,16-/m1/s1. The van der Waals surface area contributed by atoms with Crippen LogP contribution < -0.4 is 5.32 Å². The lowest BCUT2D eigenvalue weighted by Crippen LogP contribution is -2.22. The van der Waals surface area contributed by atoms with E-state index in [0.29, 0.717) is 37.9 Å². The monoisotopic (exact) mass is 733 g/mol. The minimum Gasteiger partial charge on any atom is -0.506 e. The highest BCUT2D eigenvalue weighted by Gasteiger charge is 2.57. The van der Waals surface area contributed by atoms with Crippen molar-refractivity contribution >= 4 is 63.5 Å². The Morgan fingerprint density at radius 1 is 1.14 bits per heavy atom. The first-order valence-electron chi connectivity index (χ1n) is 12.1. The van der Waals surface area contributed by atoms with Gasteiger partial charge in [-0.15, -0.1) is 0 Å². The molecule has 0 saturated carbocycles. The van der Waals surface area contributed by atoms with Crippen LogP contribution in [0.25, 0.3) is 11.2 Å². The maximum Gasteiger partial charge on any atom is 0.479 e. The molecule has 44 heavy (non-hydrogen) atoms. The second kappa shape index (κ2) is 13.8. The van der Waals surface area contributed by atoms with Crippen molar-refractivity contribution in [2.75, 3.05) is 36.2 Å². The molecule has 3 unspecified atom stereocenters. The van der Waals surface area contributed by atoms with Crippen molar-refractivity contribution in [1.29, 1.82) is 0 Å². The number of aromatic nitrogens is 4. The number of nitrogens with zero attached hydrogens (tertiary/aromatic N) is 4. The summed E-state index contributed by atoms with van der Waals surface area (Å²) < 4.78 is 89.8. The number of phosphoric acid groups is 1. The first-order chi connectivity index (χ1) is 20.1. The van der Waals surface area contributed by atoms with Crippen molar-refractivity contribution in [2.24, 2.45) is 0 Å². The molecule has 17 nitrogen and oxygen atoms in total. The topological polar surface area (TPSA) is 256 Å². The van der Waals surface area contributed by atoms with Crippen LogP contribution in [0.3, 0.4) is 0 Å². The zero-order valence-electron chi connectivity index (χ0n) is 23.0. The van der Waals surface area contributed by atoms with Gasteiger partial charge in [-0.1, -0.05) is 11.8 Å². The number of ether oxygens (including phenoxy) is 1. The van der Waals surface area contributed by atoms with Gasteiger partial charge >= 0.3 is 29.2 Å². The molecular formula is C19H29F3N5O12P3S2. The zero-order valence-corrected chi connectivity index (χ0v) is 27.3. The summed E-state index contributed by atoms with van der Waals surface area (Å²) in [6.07, 6.45) is -5.91. The number of rotatable bonds is 15. The number of thioether (sulfide) groups is 2. The summed E-state index contributed by atoms with van der Waals surface area (Å²) in [6.45, 7) is 0.541. The Hall–Kier alpha value is -1.41. The van der Waals surface area contributed by atoms with Gasteiger partial charge in [0.2, 0.25) is 6.23 Å². The third-order valence-electron chi connectivity index (χ3n) is 5.97. The summed E-state index contributed by atoms with van der Waals surface area (Å²) in [5, 5.41) is 24.0. The SMILES string of the molecule is CSCCNc1nc(SCCC(F)(F)F)nc2c1ncn2[C@@H]1OC(COP(=O)(O)OP(=O)(O)C(C)(C)P(=O)(O)O)=C(O)C1O. The van der Waals surface area contributed by atoms with Crippen LogP contribution >= 0.6 is 46.5 Å². The average molecular weight is 734 g/mol. The van der Waals surface area contributed by atoms with Crippen LogP contribution in [0.15, 0.2) is 23.0 Å². The van der Waals surface area contributed by atoms with Gasteiger partial charge in [0.15, 0.2) is 44.7 Å². The van der Waals surface area contributed by atoms with Crippen LogP contribution in [-0.4, -0.2) is 97.4 Å². The highest BCUT2D eigenvalue weighted by molar-refractivity contribution is 7.99. The number of imidazole rings is 1. The molecule has 3 rings (SSSR count). The van der Waals surface area contributed by atoms with Gasteiger partial charge in [0.05, 0.1) is 6.42 Å². The molecule has 3 heterocycles. The number of halogens is 3. The number of fused-ring (bicyclic) bond motifs is 1. The first kappa shape index (κ1) is 37.1. The summed E-state index contributed by atoms with van der Waals surface area (Å²) in [5.41, 5.74) is 0.128. The number of anilines is 1. The predicted molar refractivity (Wildman–Crippen MR) is 152 cm³/mol. The molecule has 1 aliphatic heterocycles. The minimum atomic E-state index is -5.54. The third kappa shape index (κ3) is 8.68. The summed E-state index contributed by atoms with van der Waals surface area (Å²) in [5.74, 6) is -1.11. The molecule has 2 aromatic heterocycles. The van der Waals surface area contributed by atoms with Crippen LogP contribution in [0.2, 0.25) is 0 Å². The molecule has 0 radical (unpaired) electrons. The van der Waals surface area contributed by atoms with Gasteiger partial charge in [-0.2, -0.15) is 24.9 Å². The van der Waals surface area contributed by atoms with Gasteiger partial charge in [-0.05, 0) is 20.1 Å². The van der Waals surface area contributed by atoms with E-state index >= 15 is 0 Å². The molecule has 2 aromatic rings. The van der Waals surface area contributed by atoms with Gasteiger partial charge < -0.3 is 39.8 Å². The summed E-state index contributed by atoms with van der Waals surface area (Å²) >= 11 is 2.23. The number of nitrogens with one attached hydrogen (secondary N) is 1. The van der Waals surface area contributed by atoms with Crippen LogP contribution in [0.4, 0.5) is 19.0 Å². The fraction of sp³-hybridized carbons (Fsp3) is 0.632. The van der Waals surface area contributed by atoms with Gasteiger partial charge in [0, 0.05) is 18.1 Å². The lowest BCUT2D eigenvalue weighted by atomic mass is 10.2. The lowest BCUT2D eigenvalue weighted by Gasteiger charge is -2.30. The second-order valence-electron chi connectivity index (χ2n) is 9.46. The molecule has 0 fully saturated rings. The van der Waals surface area contributed by atoms with Gasteiger partial charge in [-0.25, -0.2) is 23.8 Å². The smallest absolute Gasteiger partial charge is 0.479 e. The Kier molecular flexibility index (Phi) is 11.6. The van der Waals surface area contributed by atoms with E-state index in [1.807, 2.05) is 6.26 Å². The van der Waals surface area contributed by atoms with Gasteiger partial charge in [0.25, 0.3) is 0 Å². The maximum absolute atomic E-state index is 12.7. The van der Waals surface area contributed by atoms with Crippen LogP contribution in [0, 0.1) is 0 Å². The van der Waals surface area contributed by atoms with E-state index in [4.69, 9.17) is 4.74 Å². The number of aliphatic hydroxyl groups excluding tert-OH is 2. The quantitative estimate of drug-likeness (QED) is 0.0598. The van der Waals surface area contributed by atoms with E-state index < -0.39 is 76.7 Å². The molecule has 250 valence electrons. The fourth-order valence-corrected chi connectivity index (χ4v) is 8.42. The van der Waals surface area contributed by atoms with Crippen molar-refractivity contribution in [3.8, 4) is 0 Å². The Morgan fingerprint density at radius 2 is 1.80 bits per heavy atom. The highest BCUT2D eigenvalue weighted by Crippen LogP contribution is 2.75. The number of hydrogen-bond acceptors (Lipinski definition) is 14. The number of phosphoric ester groups is 1. The van der Waals surface area contributed by atoms with E-state index in [-0.39, 0.29) is 22.1 Å². The van der Waals surface area contributed by atoms with E-state index in [2.05, 4.69) is 29.1 Å². The van der Waals surface area contributed by atoms with Crippen LogP contribution in [0.5, 0.6) is 0 Å². The fourth-order valence-electron chi connectivity index (χ4n) is 3.26. The predicted octanol–water partition coefficient (Wildman–Crippen LogP) is 3.54. The van der Waals surface area contributed by atoms with Crippen LogP contribution in [-0.2, 0) is 27.3 Å². The van der Waals surface area contributed by atoms with Crippen molar-refractivity contribution in [3.05, 3.63) is 17.8 Å². The minimum absolute atomic E-state index is 0.0165. The van der Waals surface area contributed by atoms with Crippen molar-refractivity contribution in [3.63, 3.8) is 0 Å². The van der Waals surface area contributed by atoms with Crippen LogP contribution in [0.1, 0.15) is 26.5 Å². The number of hydrogen-bond donors (Lipinski definition) is 7. The molecule has 4 atom stereocenters. The zero-order chi connectivity index (χ0) is 33.3. The largest absolute Gasteiger partial charge is 0.506 e. The Labute approximate surface area is 255 Å². The number of aliphatic hydroxyl groups is 2. The van der Waals surface area contributed by atoms with E-state index in [1.165, 1.54) is 11.8 Å². The molecule has 0 amide bonds. The van der Waals surface area contributed by atoms with Gasteiger partial charge in [0.1, 0.15) is 12.9 Å². The maximum atomic E-state index is 12.7. The summed E-state index contributed by atoms with van der Waals surface area (Å²) in [6, 6.07) is 0. The molecule has 25 heteroatoms. The van der Waals surface area contributed by atoms with E-state index in [1.54, 1.807) is 0 Å².